The van der Waals surface area contributed by atoms with Crippen LogP contribution in [0.5, 0.6) is 0 Å². The first-order valence-electron chi connectivity index (χ1n) is 5.43. The van der Waals surface area contributed by atoms with Gasteiger partial charge in [0, 0.05) is 4.70 Å². The van der Waals surface area contributed by atoms with E-state index in [1.54, 1.807) is 23.1 Å². The lowest BCUT2D eigenvalue weighted by molar-refractivity contribution is 0.172. The van der Waals surface area contributed by atoms with Crippen LogP contribution in [0.3, 0.4) is 0 Å². The molecule has 0 saturated heterocycles. The van der Waals surface area contributed by atoms with E-state index in [0.29, 0.717) is 0 Å². The van der Waals surface area contributed by atoms with Gasteiger partial charge in [0.15, 0.2) is 0 Å². The monoisotopic (exact) mass is 252 g/mol. The smallest absolute Gasteiger partial charge is 0.0588 e. The van der Waals surface area contributed by atoms with E-state index in [4.69, 9.17) is 0 Å². The van der Waals surface area contributed by atoms with E-state index in [0.717, 1.165) is 18.6 Å². The van der Waals surface area contributed by atoms with Crippen LogP contribution in [-0.4, -0.2) is 23.2 Å². The molecule has 0 aliphatic carbocycles. The van der Waals surface area contributed by atoms with E-state index in [-0.39, 0.29) is 6.10 Å². The van der Waals surface area contributed by atoms with Gasteiger partial charge in [0.1, 0.15) is 0 Å². The Morgan fingerprint density at radius 1 is 1.38 bits per heavy atom. The Kier molecular flexibility index (Phi) is 4.27. The Morgan fingerprint density at radius 2 is 2.19 bits per heavy atom. The third kappa shape index (κ3) is 2.78. The highest BCUT2D eigenvalue weighted by Crippen LogP contribution is 2.26. The van der Waals surface area contributed by atoms with Crippen molar-refractivity contribution in [1.82, 2.24) is 0 Å². The molecule has 0 fully saturated rings. The molecule has 0 spiro atoms. The largest absolute Gasteiger partial charge is 0.393 e. The topological polar surface area (TPSA) is 20.2 Å². The summed E-state index contributed by atoms with van der Waals surface area (Å²) in [7, 11) is 0. The first-order chi connectivity index (χ1) is 7.81. The second-order valence-corrected chi connectivity index (χ2v) is 5.79. The van der Waals surface area contributed by atoms with Gasteiger partial charge in [0.05, 0.1) is 6.10 Å². The molecule has 1 atom stereocenters. The average Bonchev–Trinajstić information content (AvgIpc) is 2.70. The fourth-order valence-electron chi connectivity index (χ4n) is 1.80. The Labute approximate surface area is 104 Å². The SMILES string of the molecule is CSCCC(O)Cc1csc2ccccc12. The molecule has 1 heterocycles. The van der Waals surface area contributed by atoms with Gasteiger partial charge in [-0.2, -0.15) is 11.8 Å². The summed E-state index contributed by atoms with van der Waals surface area (Å²) in [6.07, 6.45) is 3.54. The summed E-state index contributed by atoms with van der Waals surface area (Å²) >= 11 is 3.55. The van der Waals surface area contributed by atoms with E-state index in [1.807, 2.05) is 0 Å². The predicted molar refractivity (Wildman–Crippen MR) is 74.5 cm³/mol. The summed E-state index contributed by atoms with van der Waals surface area (Å²) in [5, 5.41) is 13.4. The van der Waals surface area contributed by atoms with Crippen molar-refractivity contribution >= 4 is 33.2 Å². The first-order valence-corrected chi connectivity index (χ1v) is 7.70. The van der Waals surface area contributed by atoms with Gasteiger partial charge in [-0.1, -0.05) is 18.2 Å². The molecule has 0 saturated carbocycles. The number of aliphatic hydroxyl groups is 1. The molecule has 0 radical (unpaired) electrons. The van der Waals surface area contributed by atoms with Gasteiger partial charge >= 0.3 is 0 Å². The molecule has 1 aromatic heterocycles. The molecule has 1 unspecified atom stereocenters. The molecule has 86 valence electrons. The zero-order chi connectivity index (χ0) is 11.4. The van der Waals surface area contributed by atoms with Crippen LogP contribution in [0.2, 0.25) is 0 Å². The molecule has 2 rings (SSSR count). The predicted octanol–water partition coefficient (Wildman–Crippen LogP) is 3.56. The van der Waals surface area contributed by atoms with Crippen molar-refractivity contribution < 1.29 is 5.11 Å². The average molecular weight is 252 g/mol. The highest BCUT2D eigenvalue weighted by Gasteiger charge is 2.09. The number of fused-ring (bicyclic) bond motifs is 1. The summed E-state index contributed by atoms with van der Waals surface area (Å²) < 4.78 is 1.31. The number of hydrogen-bond donors (Lipinski definition) is 1. The van der Waals surface area contributed by atoms with Gasteiger partial charge in [-0.15, -0.1) is 11.3 Å². The van der Waals surface area contributed by atoms with Gasteiger partial charge in [0.25, 0.3) is 0 Å². The normalized spacial score (nSPS) is 13.1. The van der Waals surface area contributed by atoms with Crippen molar-refractivity contribution in [2.45, 2.75) is 18.9 Å². The second-order valence-electron chi connectivity index (χ2n) is 3.90. The van der Waals surface area contributed by atoms with Gasteiger partial charge in [-0.25, -0.2) is 0 Å². The Bertz CT molecular complexity index is 450. The summed E-state index contributed by atoms with van der Waals surface area (Å²) in [5.41, 5.74) is 1.29. The quantitative estimate of drug-likeness (QED) is 0.878. The molecular weight excluding hydrogens is 236 g/mol. The van der Waals surface area contributed by atoms with Crippen LogP contribution >= 0.6 is 23.1 Å². The van der Waals surface area contributed by atoms with Crippen molar-refractivity contribution in [2.75, 3.05) is 12.0 Å². The first kappa shape index (κ1) is 12.0. The van der Waals surface area contributed by atoms with E-state index >= 15 is 0 Å². The number of aliphatic hydroxyl groups excluding tert-OH is 1. The van der Waals surface area contributed by atoms with E-state index in [2.05, 4.69) is 35.9 Å². The number of hydrogen-bond acceptors (Lipinski definition) is 3. The lowest BCUT2D eigenvalue weighted by Gasteiger charge is -2.08. The lowest BCUT2D eigenvalue weighted by atomic mass is 10.1. The Balaban J connectivity index is 2.09. The molecule has 0 aliphatic heterocycles. The lowest BCUT2D eigenvalue weighted by Crippen LogP contribution is -2.10. The molecular formula is C13H16OS2. The third-order valence-corrected chi connectivity index (χ3v) is 4.33. The molecule has 0 aliphatic rings. The van der Waals surface area contributed by atoms with Gasteiger partial charge in [-0.3, -0.25) is 0 Å². The maximum absolute atomic E-state index is 9.90. The molecule has 1 N–H and O–H groups in total. The third-order valence-electron chi connectivity index (χ3n) is 2.67. The van der Waals surface area contributed by atoms with Crippen LogP contribution in [-0.2, 0) is 6.42 Å². The highest BCUT2D eigenvalue weighted by atomic mass is 32.2. The number of rotatable bonds is 5. The highest BCUT2D eigenvalue weighted by molar-refractivity contribution is 7.98. The minimum Gasteiger partial charge on any atom is -0.393 e. The number of benzene rings is 1. The Morgan fingerprint density at radius 3 is 3.00 bits per heavy atom. The maximum Gasteiger partial charge on any atom is 0.0588 e. The summed E-state index contributed by atoms with van der Waals surface area (Å²) in [6, 6.07) is 8.40. The molecule has 16 heavy (non-hydrogen) atoms. The van der Waals surface area contributed by atoms with Crippen LogP contribution in [0.25, 0.3) is 10.1 Å². The van der Waals surface area contributed by atoms with Crippen LogP contribution in [0.15, 0.2) is 29.6 Å². The van der Waals surface area contributed by atoms with E-state index < -0.39 is 0 Å². The second kappa shape index (κ2) is 5.71. The van der Waals surface area contributed by atoms with Gasteiger partial charge in [0.2, 0.25) is 0 Å². The van der Waals surface area contributed by atoms with Gasteiger partial charge in [-0.05, 0) is 47.2 Å². The van der Waals surface area contributed by atoms with Gasteiger partial charge < -0.3 is 5.11 Å². The zero-order valence-electron chi connectivity index (χ0n) is 9.35. The van der Waals surface area contributed by atoms with Crippen molar-refractivity contribution in [3.8, 4) is 0 Å². The van der Waals surface area contributed by atoms with Crippen LogP contribution in [0.1, 0.15) is 12.0 Å². The zero-order valence-corrected chi connectivity index (χ0v) is 11.0. The molecule has 3 heteroatoms. The summed E-state index contributed by atoms with van der Waals surface area (Å²) in [4.78, 5) is 0. The minimum absolute atomic E-state index is 0.203. The van der Waals surface area contributed by atoms with Crippen molar-refractivity contribution in [1.29, 1.82) is 0 Å². The van der Waals surface area contributed by atoms with Crippen LogP contribution < -0.4 is 0 Å². The van der Waals surface area contributed by atoms with Crippen LogP contribution in [0, 0.1) is 0 Å². The van der Waals surface area contributed by atoms with E-state index in [9.17, 15) is 5.11 Å². The fourth-order valence-corrected chi connectivity index (χ4v) is 3.28. The number of thiophene rings is 1. The standard InChI is InChI=1S/C13H16OS2/c1-15-7-6-11(14)8-10-9-16-13-5-3-2-4-12(10)13/h2-5,9,11,14H,6-8H2,1H3. The molecule has 1 nitrogen and oxygen atoms in total. The minimum atomic E-state index is -0.203. The van der Waals surface area contributed by atoms with Crippen molar-refractivity contribution in [3.05, 3.63) is 35.2 Å². The fraction of sp³-hybridized carbons (Fsp3) is 0.385. The van der Waals surface area contributed by atoms with Crippen LogP contribution in [0.4, 0.5) is 0 Å². The number of thioether (sulfide) groups is 1. The summed E-state index contributed by atoms with van der Waals surface area (Å²) in [6.45, 7) is 0. The molecule has 2 aromatic rings. The van der Waals surface area contributed by atoms with E-state index in [1.165, 1.54) is 15.6 Å². The molecule has 1 aromatic carbocycles. The molecule has 0 amide bonds. The summed E-state index contributed by atoms with van der Waals surface area (Å²) in [5.74, 6) is 1.03. The van der Waals surface area contributed by atoms with Crippen molar-refractivity contribution in [3.63, 3.8) is 0 Å². The maximum atomic E-state index is 9.90. The Hall–Kier alpha value is -0.510. The molecule has 0 bridgehead atoms. The van der Waals surface area contributed by atoms with Crippen molar-refractivity contribution in [2.24, 2.45) is 0 Å².